The number of hydrogen-bond donors (Lipinski definition) is 0. The molecule has 2 aliphatic heterocycles. The first-order valence-corrected chi connectivity index (χ1v) is 12.5. The highest BCUT2D eigenvalue weighted by molar-refractivity contribution is 9.10. The second-order valence-corrected chi connectivity index (χ2v) is 11.5. The zero-order valence-electron chi connectivity index (χ0n) is 19.6. The molecule has 35 heavy (non-hydrogen) atoms. The van der Waals surface area contributed by atoms with Crippen LogP contribution >= 0.6 is 15.9 Å². The smallest absolute Gasteiger partial charge is 0.180 e. The maximum atomic E-state index is 14.3. The fourth-order valence-corrected chi connectivity index (χ4v) is 6.55. The Bertz CT molecular complexity index is 1390. The number of Topliss-reactive ketones (excluding diaryl/α,β-unsaturated/α-hetero) is 3. The van der Waals surface area contributed by atoms with Crippen LogP contribution in [0.4, 0.5) is 5.69 Å². The van der Waals surface area contributed by atoms with Crippen LogP contribution in [0.3, 0.4) is 0 Å². The number of fused-ring (bicyclic) bond motifs is 5. The topological polar surface area (TPSA) is 67.6 Å². The lowest BCUT2D eigenvalue weighted by Crippen LogP contribution is -2.49. The van der Waals surface area contributed by atoms with Gasteiger partial charge in [-0.05, 0) is 35.9 Å². The Kier molecular flexibility index (Phi) is 4.68. The van der Waals surface area contributed by atoms with Crippen molar-refractivity contribution in [2.24, 2.45) is 10.8 Å². The Balaban J connectivity index is 1.69. The maximum absolute atomic E-state index is 14.3. The molecule has 1 saturated heterocycles. The largest absolute Gasteiger partial charge is 0.469 e. The second-order valence-electron chi connectivity index (χ2n) is 10.5. The number of halogens is 1. The number of rotatable bonds is 2. The van der Waals surface area contributed by atoms with E-state index in [1.165, 1.54) is 6.26 Å². The number of nitrogens with zero attached hydrogens (tertiary/aromatic N) is 1. The van der Waals surface area contributed by atoms with Crippen molar-refractivity contribution in [3.63, 3.8) is 0 Å². The van der Waals surface area contributed by atoms with E-state index in [0.29, 0.717) is 16.9 Å². The molecule has 176 valence electrons. The summed E-state index contributed by atoms with van der Waals surface area (Å²) in [5, 5.41) is 0. The minimum Gasteiger partial charge on any atom is -0.469 e. The van der Waals surface area contributed by atoms with E-state index in [2.05, 4.69) is 15.9 Å². The quantitative estimate of drug-likeness (QED) is 0.375. The van der Waals surface area contributed by atoms with Gasteiger partial charge < -0.3 is 9.32 Å². The molecule has 0 N–H and O–H groups in total. The summed E-state index contributed by atoms with van der Waals surface area (Å²) in [5.74, 6) is -0.834. The molecule has 0 radical (unpaired) electrons. The summed E-state index contributed by atoms with van der Waals surface area (Å²) in [7, 11) is 0. The van der Waals surface area contributed by atoms with E-state index < -0.39 is 28.8 Å². The third kappa shape index (κ3) is 2.83. The lowest BCUT2D eigenvalue weighted by molar-refractivity contribution is -0.128. The van der Waals surface area contributed by atoms with Crippen LogP contribution in [0.1, 0.15) is 58.7 Å². The Morgan fingerprint density at radius 1 is 1.00 bits per heavy atom. The Hall–Kier alpha value is -3.25. The van der Waals surface area contributed by atoms with Crippen LogP contribution in [0.2, 0.25) is 0 Å². The molecular weight excluding hydrogens is 506 g/mol. The lowest BCUT2D eigenvalue weighted by atomic mass is 9.65. The van der Waals surface area contributed by atoms with E-state index in [9.17, 15) is 14.4 Å². The van der Waals surface area contributed by atoms with Crippen LogP contribution < -0.4 is 4.90 Å². The first-order chi connectivity index (χ1) is 16.7. The predicted molar refractivity (Wildman–Crippen MR) is 137 cm³/mol. The van der Waals surface area contributed by atoms with E-state index in [1.54, 1.807) is 36.4 Å². The molecule has 3 atom stereocenters. The molecule has 2 aromatic carbocycles. The van der Waals surface area contributed by atoms with Gasteiger partial charge in [-0.1, -0.05) is 73.1 Å². The SMILES string of the molecule is CC(C)(C)C(=O)[C@@H]1[C@H](c2ccco2)C2(C(=O)c3ccccc3C2=O)[C@@H]2C=Cc3cc(Br)ccc3N12. The molecule has 0 bridgehead atoms. The Labute approximate surface area is 211 Å². The van der Waals surface area contributed by atoms with E-state index in [0.717, 1.165) is 15.7 Å². The maximum Gasteiger partial charge on any atom is 0.180 e. The van der Waals surface area contributed by atoms with Gasteiger partial charge in [-0.3, -0.25) is 14.4 Å². The van der Waals surface area contributed by atoms with Crippen molar-refractivity contribution in [1.29, 1.82) is 0 Å². The molecule has 1 spiro atoms. The van der Waals surface area contributed by atoms with E-state index in [-0.39, 0.29) is 17.3 Å². The molecule has 0 amide bonds. The summed E-state index contributed by atoms with van der Waals surface area (Å²) in [6, 6.07) is 15.0. The van der Waals surface area contributed by atoms with Crippen LogP contribution in [0.25, 0.3) is 6.08 Å². The summed E-state index contributed by atoms with van der Waals surface area (Å²) in [5.41, 5.74) is 0.357. The second kappa shape index (κ2) is 7.37. The predicted octanol–water partition coefficient (Wildman–Crippen LogP) is 6.09. The van der Waals surface area contributed by atoms with Gasteiger partial charge in [-0.2, -0.15) is 0 Å². The average molecular weight is 530 g/mol. The average Bonchev–Trinajstić information content (AvgIpc) is 3.51. The van der Waals surface area contributed by atoms with Gasteiger partial charge in [0, 0.05) is 26.7 Å². The molecule has 0 saturated carbocycles. The van der Waals surface area contributed by atoms with Crippen molar-refractivity contribution >= 4 is 45.0 Å². The highest BCUT2D eigenvalue weighted by atomic mass is 79.9. The van der Waals surface area contributed by atoms with Gasteiger partial charge in [0.2, 0.25) is 0 Å². The number of carbonyl (C=O) groups is 3. The molecule has 1 fully saturated rings. The highest BCUT2D eigenvalue weighted by Gasteiger charge is 2.72. The van der Waals surface area contributed by atoms with Gasteiger partial charge >= 0.3 is 0 Å². The van der Waals surface area contributed by atoms with Gasteiger partial charge in [-0.15, -0.1) is 0 Å². The van der Waals surface area contributed by atoms with Crippen molar-refractivity contribution in [2.75, 3.05) is 4.90 Å². The van der Waals surface area contributed by atoms with Crippen molar-refractivity contribution < 1.29 is 18.8 Å². The Morgan fingerprint density at radius 3 is 2.29 bits per heavy atom. The molecule has 3 heterocycles. The lowest BCUT2D eigenvalue weighted by Gasteiger charge is -2.38. The fourth-order valence-electron chi connectivity index (χ4n) is 6.17. The van der Waals surface area contributed by atoms with Crippen molar-refractivity contribution in [2.45, 2.75) is 38.8 Å². The van der Waals surface area contributed by atoms with Crippen molar-refractivity contribution in [1.82, 2.24) is 0 Å². The zero-order valence-corrected chi connectivity index (χ0v) is 21.2. The van der Waals surface area contributed by atoms with Gasteiger partial charge in [0.25, 0.3) is 0 Å². The molecular formula is C29H24BrNO4. The minimum absolute atomic E-state index is 0.0403. The van der Waals surface area contributed by atoms with Gasteiger partial charge in [0.15, 0.2) is 17.3 Å². The Morgan fingerprint density at radius 2 is 1.69 bits per heavy atom. The number of benzene rings is 2. The normalized spacial score (nSPS) is 24.0. The monoisotopic (exact) mass is 529 g/mol. The van der Waals surface area contributed by atoms with Crippen LogP contribution in [-0.4, -0.2) is 29.4 Å². The van der Waals surface area contributed by atoms with E-state index in [1.807, 2.05) is 56.0 Å². The van der Waals surface area contributed by atoms with Crippen molar-refractivity contribution in [3.8, 4) is 0 Å². The summed E-state index contributed by atoms with van der Waals surface area (Å²) in [6.45, 7) is 5.64. The minimum atomic E-state index is -1.51. The van der Waals surface area contributed by atoms with Crippen LogP contribution in [0.5, 0.6) is 0 Å². The molecule has 6 heteroatoms. The first kappa shape index (κ1) is 22.2. The molecule has 3 aliphatic rings. The molecule has 0 unspecified atom stereocenters. The van der Waals surface area contributed by atoms with E-state index >= 15 is 0 Å². The van der Waals surface area contributed by atoms with Gasteiger partial charge in [0.05, 0.1) is 18.2 Å². The van der Waals surface area contributed by atoms with Crippen LogP contribution in [0.15, 0.2) is 75.8 Å². The summed E-state index contributed by atoms with van der Waals surface area (Å²) < 4.78 is 6.80. The van der Waals surface area contributed by atoms with Crippen molar-refractivity contribution in [3.05, 3.63) is 93.9 Å². The molecule has 6 rings (SSSR count). The van der Waals surface area contributed by atoms with Crippen LogP contribution in [-0.2, 0) is 4.79 Å². The zero-order chi connectivity index (χ0) is 24.7. The molecule has 3 aromatic rings. The number of carbonyl (C=O) groups excluding carboxylic acids is 3. The van der Waals surface area contributed by atoms with Gasteiger partial charge in [-0.25, -0.2) is 0 Å². The number of ketones is 3. The third-order valence-corrected chi connectivity index (χ3v) is 8.12. The summed E-state index contributed by atoms with van der Waals surface area (Å²) >= 11 is 3.54. The number of furan rings is 1. The van der Waals surface area contributed by atoms with Crippen LogP contribution in [0, 0.1) is 10.8 Å². The molecule has 5 nitrogen and oxygen atoms in total. The first-order valence-electron chi connectivity index (χ1n) is 11.7. The fraction of sp³-hybridized carbons (Fsp3) is 0.276. The number of anilines is 1. The molecule has 1 aliphatic carbocycles. The standard InChI is InChI=1S/C29H24BrNO4/c1-28(2,3)27(34)24-23(21-9-6-14-35-21)29(25(32)18-7-4-5-8-19(18)26(29)33)22-13-10-16-15-17(30)11-12-20(16)31(22)24/h4-15,22-24H,1-3H3/t22-,23-,24-/m0/s1. The number of hydrogen-bond acceptors (Lipinski definition) is 5. The van der Waals surface area contributed by atoms with Gasteiger partial charge in [0.1, 0.15) is 17.2 Å². The summed E-state index contributed by atoms with van der Waals surface area (Å²) in [6.07, 6.45) is 5.41. The third-order valence-electron chi connectivity index (χ3n) is 7.62. The highest BCUT2D eigenvalue weighted by Crippen LogP contribution is 2.61. The summed E-state index contributed by atoms with van der Waals surface area (Å²) in [4.78, 5) is 44.9. The molecule has 1 aromatic heterocycles. The van der Waals surface area contributed by atoms with E-state index in [4.69, 9.17) is 4.42 Å².